The predicted molar refractivity (Wildman–Crippen MR) is 67.0 cm³/mol. The van der Waals surface area contributed by atoms with E-state index in [0.717, 1.165) is 19.1 Å². The van der Waals surface area contributed by atoms with Gasteiger partial charge in [-0.1, -0.05) is 51.2 Å². The predicted octanol–water partition coefficient (Wildman–Crippen LogP) is 4.66. The van der Waals surface area contributed by atoms with Gasteiger partial charge in [-0.15, -0.1) is 0 Å². The van der Waals surface area contributed by atoms with E-state index < -0.39 is 0 Å². The maximum absolute atomic E-state index is 10.1. The third-order valence-electron chi connectivity index (χ3n) is 2.58. The molecule has 0 N–H and O–H groups in total. The molecule has 0 unspecified atom stereocenters. The van der Waals surface area contributed by atoms with E-state index in [2.05, 4.69) is 19.1 Å². The lowest BCUT2D eigenvalue weighted by molar-refractivity contribution is -0.107. The van der Waals surface area contributed by atoms with Gasteiger partial charge in [0.1, 0.15) is 6.29 Å². The van der Waals surface area contributed by atoms with Gasteiger partial charge in [0.15, 0.2) is 0 Å². The first kappa shape index (κ1) is 14.4. The van der Waals surface area contributed by atoms with Gasteiger partial charge in [0.2, 0.25) is 0 Å². The molecular formula is C14H26O. The first-order chi connectivity index (χ1) is 7.41. The van der Waals surface area contributed by atoms with E-state index >= 15 is 0 Å². The van der Waals surface area contributed by atoms with Gasteiger partial charge in [0.25, 0.3) is 0 Å². The van der Waals surface area contributed by atoms with Crippen molar-refractivity contribution in [1.82, 2.24) is 0 Å². The molecule has 0 fully saturated rings. The summed E-state index contributed by atoms with van der Waals surface area (Å²) in [4.78, 5) is 10.1. The third kappa shape index (κ3) is 13.4. The third-order valence-corrected chi connectivity index (χ3v) is 2.58. The number of aldehydes is 1. The van der Waals surface area contributed by atoms with Crippen molar-refractivity contribution in [3.8, 4) is 0 Å². The SMILES string of the molecule is CCCCC=CCCCCCCCC=O. The molecule has 0 aromatic rings. The van der Waals surface area contributed by atoms with Crippen molar-refractivity contribution in [2.24, 2.45) is 0 Å². The topological polar surface area (TPSA) is 17.1 Å². The van der Waals surface area contributed by atoms with Gasteiger partial charge in [-0.05, 0) is 25.7 Å². The number of rotatable bonds is 11. The lowest BCUT2D eigenvalue weighted by Gasteiger charge is -1.97. The molecule has 0 aliphatic carbocycles. The molecule has 1 nitrogen and oxygen atoms in total. The fourth-order valence-corrected chi connectivity index (χ4v) is 1.58. The largest absolute Gasteiger partial charge is 0.303 e. The van der Waals surface area contributed by atoms with Crippen LogP contribution >= 0.6 is 0 Å². The average Bonchev–Trinajstić information content (AvgIpc) is 2.26. The number of unbranched alkanes of at least 4 members (excludes halogenated alkanes) is 8. The first-order valence-electron chi connectivity index (χ1n) is 6.50. The summed E-state index contributed by atoms with van der Waals surface area (Å²) >= 11 is 0. The van der Waals surface area contributed by atoms with E-state index in [-0.39, 0.29) is 0 Å². The second-order valence-electron chi connectivity index (χ2n) is 4.13. The lowest BCUT2D eigenvalue weighted by Crippen LogP contribution is -1.80. The number of allylic oxidation sites excluding steroid dienone is 2. The molecule has 0 saturated carbocycles. The van der Waals surface area contributed by atoms with Gasteiger partial charge in [0, 0.05) is 6.42 Å². The van der Waals surface area contributed by atoms with E-state index in [9.17, 15) is 4.79 Å². The van der Waals surface area contributed by atoms with E-state index in [4.69, 9.17) is 0 Å². The smallest absolute Gasteiger partial charge is 0.119 e. The van der Waals surface area contributed by atoms with Crippen LogP contribution in [0.1, 0.15) is 71.1 Å². The van der Waals surface area contributed by atoms with Crippen LogP contribution in [0.2, 0.25) is 0 Å². The van der Waals surface area contributed by atoms with Crippen LogP contribution in [-0.4, -0.2) is 6.29 Å². The minimum atomic E-state index is 0.747. The fraction of sp³-hybridized carbons (Fsp3) is 0.786. The van der Waals surface area contributed by atoms with Crippen molar-refractivity contribution >= 4 is 6.29 Å². The summed E-state index contributed by atoms with van der Waals surface area (Å²) in [6, 6.07) is 0. The van der Waals surface area contributed by atoms with Crippen molar-refractivity contribution in [2.45, 2.75) is 71.1 Å². The van der Waals surface area contributed by atoms with Gasteiger partial charge < -0.3 is 4.79 Å². The van der Waals surface area contributed by atoms with Crippen molar-refractivity contribution in [2.75, 3.05) is 0 Å². The van der Waals surface area contributed by atoms with Gasteiger partial charge in [-0.3, -0.25) is 0 Å². The highest BCUT2D eigenvalue weighted by Gasteiger charge is 1.89. The van der Waals surface area contributed by atoms with Gasteiger partial charge in [-0.25, -0.2) is 0 Å². The summed E-state index contributed by atoms with van der Waals surface area (Å²) in [5, 5.41) is 0. The van der Waals surface area contributed by atoms with Crippen LogP contribution in [0.15, 0.2) is 12.2 Å². The highest BCUT2D eigenvalue weighted by atomic mass is 16.1. The average molecular weight is 210 g/mol. The number of hydrogen-bond donors (Lipinski definition) is 0. The van der Waals surface area contributed by atoms with E-state index in [1.54, 1.807) is 0 Å². The van der Waals surface area contributed by atoms with Crippen molar-refractivity contribution in [3.05, 3.63) is 12.2 Å². The fourth-order valence-electron chi connectivity index (χ4n) is 1.58. The van der Waals surface area contributed by atoms with Crippen molar-refractivity contribution in [1.29, 1.82) is 0 Å². The molecule has 88 valence electrons. The Bertz CT molecular complexity index is 149. The number of carbonyl (C=O) groups excluding carboxylic acids is 1. The normalized spacial score (nSPS) is 11.0. The van der Waals surface area contributed by atoms with Crippen LogP contribution in [0.4, 0.5) is 0 Å². The Kier molecular flexibility index (Phi) is 12.9. The van der Waals surface area contributed by atoms with E-state index in [1.165, 1.54) is 51.4 Å². The highest BCUT2D eigenvalue weighted by molar-refractivity contribution is 5.48. The lowest BCUT2D eigenvalue weighted by atomic mass is 10.1. The summed E-state index contributed by atoms with van der Waals surface area (Å²) in [5.41, 5.74) is 0. The Morgan fingerprint density at radius 2 is 1.27 bits per heavy atom. The molecule has 0 heterocycles. The second kappa shape index (κ2) is 13.4. The molecule has 0 atom stereocenters. The molecule has 0 aromatic heterocycles. The molecule has 0 aliphatic heterocycles. The summed E-state index contributed by atoms with van der Waals surface area (Å²) < 4.78 is 0. The molecule has 0 saturated heterocycles. The maximum atomic E-state index is 10.1. The molecule has 0 spiro atoms. The Balaban J connectivity index is 2.97. The van der Waals surface area contributed by atoms with Gasteiger partial charge in [-0.2, -0.15) is 0 Å². The van der Waals surface area contributed by atoms with Gasteiger partial charge >= 0.3 is 0 Å². The minimum Gasteiger partial charge on any atom is -0.303 e. The van der Waals surface area contributed by atoms with Crippen LogP contribution in [0.25, 0.3) is 0 Å². The Labute approximate surface area is 95.0 Å². The zero-order valence-electron chi connectivity index (χ0n) is 10.2. The molecule has 0 radical (unpaired) electrons. The molecule has 15 heavy (non-hydrogen) atoms. The highest BCUT2D eigenvalue weighted by Crippen LogP contribution is 2.07. The van der Waals surface area contributed by atoms with E-state index in [0.29, 0.717) is 0 Å². The molecule has 0 bridgehead atoms. The molecular weight excluding hydrogens is 184 g/mol. The molecule has 0 aromatic carbocycles. The van der Waals surface area contributed by atoms with Crippen LogP contribution in [-0.2, 0) is 4.79 Å². The summed E-state index contributed by atoms with van der Waals surface area (Å²) in [7, 11) is 0. The molecule has 0 rings (SSSR count). The second-order valence-corrected chi connectivity index (χ2v) is 4.13. The van der Waals surface area contributed by atoms with Crippen LogP contribution in [0.3, 0.4) is 0 Å². The Hall–Kier alpha value is -0.590. The Morgan fingerprint density at radius 1 is 0.733 bits per heavy atom. The number of carbonyl (C=O) groups is 1. The maximum Gasteiger partial charge on any atom is 0.119 e. The zero-order valence-corrected chi connectivity index (χ0v) is 10.2. The Morgan fingerprint density at radius 3 is 1.87 bits per heavy atom. The first-order valence-corrected chi connectivity index (χ1v) is 6.50. The van der Waals surface area contributed by atoms with Crippen molar-refractivity contribution in [3.63, 3.8) is 0 Å². The van der Waals surface area contributed by atoms with Crippen LogP contribution < -0.4 is 0 Å². The van der Waals surface area contributed by atoms with Crippen molar-refractivity contribution < 1.29 is 4.79 Å². The van der Waals surface area contributed by atoms with E-state index in [1.807, 2.05) is 0 Å². The zero-order chi connectivity index (χ0) is 11.2. The van der Waals surface area contributed by atoms with Crippen LogP contribution in [0.5, 0.6) is 0 Å². The summed E-state index contributed by atoms with van der Waals surface area (Å²) in [6.07, 6.45) is 17.7. The monoisotopic (exact) mass is 210 g/mol. The molecule has 0 aliphatic rings. The number of hydrogen-bond acceptors (Lipinski definition) is 1. The standard InChI is InChI=1S/C14H26O/c1-2-3-4-5-6-7-8-9-10-11-12-13-14-15/h5-6,14H,2-4,7-13H2,1H3. The van der Waals surface area contributed by atoms with Crippen LogP contribution in [0, 0.1) is 0 Å². The minimum absolute atomic E-state index is 0.747. The van der Waals surface area contributed by atoms with Gasteiger partial charge in [0.05, 0.1) is 0 Å². The quantitative estimate of drug-likeness (QED) is 0.275. The summed E-state index contributed by atoms with van der Waals surface area (Å²) in [5.74, 6) is 0. The molecule has 1 heteroatoms. The molecule has 0 amide bonds. The summed E-state index contributed by atoms with van der Waals surface area (Å²) in [6.45, 7) is 2.23.